The van der Waals surface area contributed by atoms with Crippen LogP contribution in [0.15, 0.2) is 73.5 Å². The van der Waals surface area contributed by atoms with Crippen molar-refractivity contribution in [2.45, 2.75) is 0 Å². The predicted octanol–water partition coefficient (Wildman–Crippen LogP) is 4.44. The Balaban J connectivity index is 2.34. The lowest BCUT2D eigenvalue weighted by atomic mass is 10.0. The van der Waals surface area contributed by atoms with Gasteiger partial charge in [-0.25, -0.2) is 0 Å². The van der Waals surface area contributed by atoms with E-state index in [1.807, 2.05) is 42.5 Å². The molecule has 0 aliphatic heterocycles. The smallest absolute Gasteiger partial charge is 0.0869 e. The van der Waals surface area contributed by atoms with Crippen LogP contribution in [-0.4, -0.2) is 5.11 Å². The summed E-state index contributed by atoms with van der Waals surface area (Å²) in [6.07, 6.45) is 2.71. The highest BCUT2D eigenvalue weighted by Gasteiger charge is 1.99. The van der Waals surface area contributed by atoms with E-state index in [4.69, 9.17) is 5.11 Å². The normalized spacial score (nSPS) is 11.2. The second-order valence-electron chi connectivity index (χ2n) is 3.73. The lowest BCUT2D eigenvalue weighted by molar-refractivity contribution is 0.476. The summed E-state index contributed by atoms with van der Waals surface area (Å²) in [5.41, 5.74) is 4.04. The summed E-state index contributed by atoms with van der Waals surface area (Å²) >= 11 is 0. The zero-order chi connectivity index (χ0) is 12.1. The van der Waals surface area contributed by atoms with Crippen LogP contribution in [0, 0.1) is 0 Å². The van der Waals surface area contributed by atoms with E-state index >= 15 is 0 Å². The second-order valence-corrected chi connectivity index (χ2v) is 3.73. The van der Waals surface area contributed by atoms with E-state index in [1.54, 1.807) is 6.08 Å². The van der Waals surface area contributed by atoms with E-state index in [9.17, 15) is 0 Å². The van der Waals surface area contributed by atoms with Gasteiger partial charge in [-0.15, -0.1) is 0 Å². The van der Waals surface area contributed by atoms with Gasteiger partial charge in [-0.2, -0.15) is 0 Å². The molecule has 0 unspecified atom stereocenters. The minimum absolute atomic E-state index is 0.726. The molecule has 0 saturated carbocycles. The molecule has 0 aliphatic rings. The number of rotatable bonds is 3. The molecule has 0 spiro atoms. The van der Waals surface area contributed by atoms with Gasteiger partial charge in [0.1, 0.15) is 0 Å². The molecule has 2 rings (SSSR count). The van der Waals surface area contributed by atoms with E-state index in [-0.39, 0.29) is 0 Å². The van der Waals surface area contributed by atoms with Gasteiger partial charge in [-0.1, -0.05) is 67.3 Å². The number of hydrogen-bond donors (Lipinski definition) is 1. The number of allylic oxidation sites excluding steroid dienone is 2. The first-order valence-electron chi connectivity index (χ1n) is 5.48. The molecule has 1 N–H and O–H groups in total. The van der Waals surface area contributed by atoms with Crippen LogP contribution in [0.1, 0.15) is 5.56 Å². The highest BCUT2D eigenvalue weighted by molar-refractivity contribution is 5.74. The van der Waals surface area contributed by atoms with Crippen molar-refractivity contribution >= 4 is 5.57 Å². The minimum atomic E-state index is 0.726. The van der Waals surface area contributed by atoms with Gasteiger partial charge in [0.15, 0.2) is 0 Å². The Labute approximate surface area is 101 Å². The lowest BCUT2D eigenvalue weighted by Gasteiger charge is -2.04. The summed E-state index contributed by atoms with van der Waals surface area (Å²) in [6.45, 7) is 3.66. The summed E-state index contributed by atoms with van der Waals surface area (Å²) in [5.74, 6) is 0. The van der Waals surface area contributed by atoms with Crippen molar-refractivity contribution < 1.29 is 5.11 Å². The van der Waals surface area contributed by atoms with Gasteiger partial charge in [-0.3, -0.25) is 0 Å². The Hall–Kier alpha value is -2.28. The average molecular weight is 222 g/mol. The molecule has 0 radical (unpaired) electrons. The van der Waals surface area contributed by atoms with Crippen molar-refractivity contribution in [2.75, 3.05) is 0 Å². The molecular formula is C16H14O. The molecule has 0 heterocycles. The molecule has 0 amide bonds. The highest BCUT2D eigenvalue weighted by atomic mass is 16.2. The fourth-order valence-electron chi connectivity index (χ4n) is 1.73. The van der Waals surface area contributed by atoms with Crippen LogP contribution in [0.4, 0.5) is 0 Å². The topological polar surface area (TPSA) is 20.2 Å². The predicted molar refractivity (Wildman–Crippen MR) is 72.7 cm³/mol. The molecule has 0 bridgehead atoms. The van der Waals surface area contributed by atoms with Crippen LogP contribution in [-0.2, 0) is 0 Å². The van der Waals surface area contributed by atoms with Gasteiger partial charge in [0.25, 0.3) is 0 Å². The van der Waals surface area contributed by atoms with Crippen molar-refractivity contribution in [3.05, 3.63) is 79.1 Å². The Morgan fingerprint density at radius 3 is 2.00 bits per heavy atom. The third-order valence-corrected chi connectivity index (χ3v) is 2.68. The minimum Gasteiger partial charge on any atom is -0.515 e. The molecule has 0 saturated heterocycles. The van der Waals surface area contributed by atoms with Gasteiger partial charge < -0.3 is 5.11 Å². The van der Waals surface area contributed by atoms with Crippen LogP contribution >= 0.6 is 0 Å². The first kappa shape index (κ1) is 11.2. The Morgan fingerprint density at radius 1 is 0.882 bits per heavy atom. The summed E-state index contributed by atoms with van der Waals surface area (Å²) < 4.78 is 0. The Bertz CT molecular complexity index is 521. The number of benzene rings is 2. The molecule has 1 heteroatoms. The summed E-state index contributed by atoms with van der Waals surface area (Å²) in [7, 11) is 0. The first-order valence-corrected chi connectivity index (χ1v) is 5.48. The van der Waals surface area contributed by atoms with Crippen LogP contribution in [0.3, 0.4) is 0 Å². The maximum Gasteiger partial charge on any atom is 0.0869 e. The van der Waals surface area contributed by atoms with E-state index in [2.05, 4.69) is 18.7 Å². The van der Waals surface area contributed by atoms with Crippen molar-refractivity contribution in [1.29, 1.82) is 0 Å². The Kier molecular flexibility index (Phi) is 3.41. The SMILES string of the molecule is C=C/C(=C\O)c1ccc(-c2ccccc2)cc1. The summed E-state index contributed by atoms with van der Waals surface area (Å²) in [5, 5.41) is 9.03. The highest BCUT2D eigenvalue weighted by Crippen LogP contribution is 2.22. The molecule has 17 heavy (non-hydrogen) atoms. The van der Waals surface area contributed by atoms with Crippen molar-refractivity contribution in [1.82, 2.24) is 0 Å². The average Bonchev–Trinajstić information content (AvgIpc) is 2.42. The molecule has 84 valence electrons. The van der Waals surface area contributed by atoms with E-state index in [0.29, 0.717) is 0 Å². The standard InChI is InChI=1S/C16H14O/c1-2-13(12-17)15-8-10-16(11-9-15)14-6-4-3-5-7-14/h2-12,17H,1H2/b13-12+. The third kappa shape index (κ3) is 2.45. The summed E-state index contributed by atoms with van der Waals surface area (Å²) in [6, 6.07) is 18.2. The fraction of sp³-hybridized carbons (Fsp3) is 0. The second kappa shape index (κ2) is 5.17. The number of hydrogen-bond acceptors (Lipinski definition) is 1. The molecular weight excluding hydrogens is 208 g/mol. The van der Waals surface area contributed by atoms with Crippen LogP contribution in [0.25, 0.3) is 16.7 Å². The van der Waals surface area contributed by atoms with Crippen molar-refractivity contribution in [3.63, 3.8) is 0 Å². The molecule has 0 atom stereocenters. The van der Waals surface area contributed by atoms with Gasteiger partial charge in [0.2, 0.25) is 0 Å². The molecule has 0 aromatic heterocycles. The zero-order valence-electron chi connectivity index (χ0n) is 9.51. The number of aliphatic hydroxyl groups is 1. The van der Waals surface area contributed by atoms with E-state index < -0.39 is 0 Å². The Morgan fingerprint density at radius 2 is 1.47 bits per heavy atom. The first-order chi connectivity index (χ1) is 8.35. The largest absolute Gasteiger partial charge is 0.515 e. The van der Waals surface area contributed by atoms with E-state index in [1.165, 1.54) is 5.56 Å². The molecule has 2 aromatic carbocycles. The van der Waals surface area contributed by atoms with E-state index in [0.717, 1.165) is 23.0 Å². The quantitative estimate of drug-likeness (QED) is 0.601. The lowest BCUT2D eigenvalue weighted by Crippen LogP contribution is -1.82. The van der Waals surface area contributed by atoms with Gasteiger partial charge in [-0.05, 0) is 16.7 Å². The van der Waals surface area contributed by atoms with Crippen LogP contribution in [0.2, 0.25) is 0 Å². The van der Waals surface area contributed by atoms with Crippen molar-refractivity contribution in [3.8, 4) is 11.1 Å². The maximum atomic E-state index is 9.03. The van der Waals surface area contributed by atoms with Gasteiger partial charge in [0, 0.05) is 5.57 Å². The molecule has 2 aromatic rings. The van der Waals surface area contributed by atoms with Crippen LogP contribution in [0.5, 0.6) is 0 Å². The zero-order valence-corrected chi connectivity index (χ0v) is 9.51. The van der Waals surface area contributed by atoms with Gasteiger partial charge in [0.05, 0.1) is 6.26 Å². The van der Waals surface area contributed by atoms with Gasteiger partial charge >= 0.3 is 0 Å². The maximum absolute atomic E-state index is 9.03. The molecule has 0 fully saturated rings. The third-order valence-electron chi connectivity index (χ3n) is 2.68. The molecule has 0 aliphatic carbocycles. The fourth-order valence-corrected chi connectivity index (χ4v) is 1.73. The van der Waals surface area contributed by atoms with Crippen molar-refractivity contribution in [2.24, 2.45) is 0 Å². The van der Waals surface area contributed by atoms with Crippen LogP contribution < -0.4 is 0 Å². The summed E-state index contributed by atoms with van der Waals surface area (Å²) in [4.78, 5) is 0. The monoisotopic (exact) mass is 222 g/mol. The molecule has 1 nitrogen and oxygen atoms in total. The number of aliphatic hydroxyl groups excluding tert-OH is 1.